The third-order valence-electron chi connectivity index (χ3n) is 2.46. The van der Waals surface area contributed by atoms with Crippen LogP contribution in [-0.4, -0.2) is 48.8 Å². The number of hydrogen-bond donors (Lipinski definition) is 2. The smallest absolute Gasteiger partial charge is 0.323 e. The highest BCUT2D eigenvalue weighted by molar-refractivity contribution is 5.91. The molecule has 116 valence electrons. The van der Waals surface area contributed by atoms with Gasteiger partial charge in [-0.1, -0.05) is 0 Å². The lowest BCUT2D eigenvalue weighted by molar-refractivity contribution is -0.137. The Kier molecular flexibility index (Phi) is 5.97. The van der Waals surface area contributed by atoms with Gasteiger partial charge in [0.05, 0.1) is 12.3 Å². The summed E-state index contributed by atoms with van der Waals surface area (Å²) in [7, 11) is 1.35. The molecule has 0 radical (unpaired) electrons. The zero-order valence-corrected chi connectivity index (χ0v) is 11.0. The molecule has 6 nitrogen and oxygen atoms in total. The number of urea groups is 1. The number of benzene rings is 1. The fraction of sp³-hybridized carbons (Fsp3) is 0.333. The first kappa shape index (κ1) is 16.8. The van der Waals surface area contributed by atoms with Gasteiger partial charge in [0.25, 0.3) is 0 Å². The molecule has 21 heavy (non-hydrogen) atoms. The summed E-state index contributed by atoms with van der Waals surface area (Å²) >= 11 is 0. The van der Waals surface area contributed by atoms with Crippen LogP contribution in [0.5, 0.6) is 0 Å². The average Bonchev–Trinajstić information content (AvgIpc) is 2.43. The topological polar surface area (TPSA) is 78.9 Å². The van der Waals surface area contributed by atoms with Gasteiger partial charge in [-0.15, -0.1) is 0 Å². The number of anilines is 1. The summed E-state index contributed by atoms with van der Waals surface area (Å²) in [5.74, 6) is -5.97. The average molecular weight is 306 g/mol. The number of amides is 2. The summed E-state index contributed by atoms with van der Waals surface area (Å²) in [4.78, 5) is 23.3. The Morgan fingerprint density at radius 1 is 1.29 bits per heavy atom. The van der Waals surface area contributed by atoms with Crippen LogP contribution < -0.4 is 5.32 Å². The Morgan fingerprint density at radius 2 is 1.95 bits per heavy atom. The van der Waals surface area contributed by atoms with Crippen LogP contribution in [0.25, 0.3) is 0 Å². The third-order valence-corrected chi connectivity index (χ3v) is 2.46. The zero-order valence-electron chi connectivity index (χ0n) is 11.0. The van der Waals surface area contributed by atoms with E-state index in [1.165, 1.54) is 7.11 Å². The minimum absolute atomic E-state index is 0.0565. The van der Waals surface area contributed by atoms with Gasteiger partial charge >= 0.3 is 12.0 Å². The summed E-state index contributed by atoms with van der Waals surface area (Å²) in [5, 5.41) is 10.7. The minimum atomic E-state index is -1.73. The van der Waals surface area contributed by atoms with Crippen molar-refractivity contribution >= 4 is 17.7 Å². The van der Waals surface area contributed by atoms with E-state index in [0.717, 1.165) is 11.0 Å². The lowest BCUT2D eigenvalue weighted by atomic mass is 10.3. The van der Waals surface area contributed by atoms with Gasteiger partial charge in [-0.25, -0.2) is 18.0 Å². The number of carboxylic acid groups (broad SMARTS) is 1. The van der Waals surface area contributed by atoms with E-state index in [2.05, 4.69) is 0 Å². The molecule has 0 heterocycles. The Bertz CT molecular complexity index is 539. The van der Waals surface area contributed by atoms with E-state index in [0.29, 0.717) is 6.07 Å². The van der Waals surface area contributed by atoms with Crippen molar-refractivity contribution in [1.29, 1.82) is 0 Å². The summed E-state index contributed by atoms with van der Waals surface area (Å²) in [6, 6.07) is 0.505. The van der Waals surface area contributed by atoms with Gasteiger partial charge in [0.15, 0.2) is 17.5 Å². The van der Waals surface area contributed by atoms with Crippen LogP contribution >= 0.6 is 0 Å². The molecule has 9 heteroatoms. The van der Waals surface area contributed by atoms with Gasteiger partial charge in [0.1, 0.15) is 6.54 Å². The summed E-state index contributed by atoms with van der Waals surface area (Å²) in [6.45, 7) is -0.665. The number of carbonyl (C=O) groups excluding carboxylic acids is 1. The maximum atomic E-state index is 13.4. The lowest BCUT2D eigenvalue weighted by Crippen LogP contribution is -2.40. The van der Waals surface area contributed by atoms with E-state index in [9.17, 15) is 22.8 Å². The van der Waals surface area contributed by atoms with Crippen LogP contribution in [-0.2, 0) is 9.53 Å². The number of carbonyl (C=O) groups is 2. The van der Waals surface area contributed by atoms with Crippen LogP contribution in [0.1, 0.15) is 0 Å². The molecule has 0 saturated carbocycles. The molecule has 0 aromatic heterocycles. The monoisotopic (exact) mass is 306 g/mol. The number of ether oxygens (including phenoxy) is 1. The molecule has 2 amide bonds. The molecule has 2 N–H and O–H groups in total. The van der Waals surface area contributed by atoms with Crippen LogP contribution in [0.15, 0.2) is 12.1 Å². The SMILES string of the molecule is COCCN(CC(=O)O)C(=O)Nc1ccc(F)c(F)c1F. The summed E-state index contributed by atoms with van der Waals surface area (Å²) in [5.41, 5.74) is -0.591. The second kappa shape index (κ2) is 7.48. The molecule has 0 atom stereocenters. The number of carboxylic acids is 1. The Labute approximate surface area is 118 Å². The van der Waals surface area contributed by atoms with Crippen molar-refractivity contribution in [1.82, 2.24) is 4.90 Å². The van der Waals surface area contributed by atoms with Crippen molar-refractivity contribution in [3.63, 3.8) is 0 Å². The summed E-state index contributed by atoms with van der Waals surface area (Å²) in [6.07, 6.45) is 0. The number of methoxy groups -OCH3 is 1. The molecule has 0 aliphatic carbocycles. The molecule has 1 aromatic rings. The highest BCUT2D eigenvalue weighted by atomic mass is 19.2. The van der Waals surface area contributed by atoms with E-state index in [1.54, 1.807) is 0 Å². The highest BCUT2D eigenvalue weighted by Gasteiger charge is 2.20. The quantitative estimate of drug-likeness (QED) is 0.784. The van der Waals surface area contributed by atoms with Crippen molar-refractivity contribution in [2.24, 2.45) is 0 Å². The highest BCUT2D eigenvalue weighted by Crippen LogP contribution is 2.19. The normalized spacial score (nSPS) is 10.3. The van der Waals surface area contributed by atoms with Crippen molar-refractivity contribution in [2.75, 3.05) is 32.1 Å². The predicted octanol–water partition coefficient (Wildman–Crippen LogP) is 1.67. The summed E-state index contributed by atoms with van der Waals surface area (Å²) < 4.78 is 43.9. The van der Waals surface area contributed by atoms with E-state index >= 15 is 0 Å². The molecule has 0 unspecified atom stereocenters. The molecule has 1 rings (SSSR count). The third kappa shape index (κ3) is 4.63. The van der Waals surface area contributed by atoms with Gasteiger partial charge in [0.2, 0.25) is 0 Å². The van der Waals surface area contributed by atoms with Crippen molar-refractivity contribution < 1.29 is 32.6 Å². The minimum Gasteiger partial charge on any atom is -0.480 e. The number of aliphatic carboxylic acids is 1. The number of nitrogens with zero attached hydrogens (tertiary/aromatic N) is 1. The lowest BCUT2D eigenvalue weighted by Gasteiger charge is -2.21. The van der Waals surface area contributed by atoms with Crippen molar-refractivity contribution in [2.45, 2.75) is 0 Å². The van der Waals surface area contributed by atoms with Crippen LogP contribution in [0.4, 0.5) is 23.7 Å². The molecular formula is C12H13F3N2O4. The number of rotatable bonds is 6. The van der Waals surface area contributed by atoms with Crippen molar-refractivity contribution in [3.8, 4) is 0 Å². The first-order valence-electron chi connectivity index (χ1n) is 5.77. The van der Waals surface area contributed by atoms with Gasteiger partial charge in [0, 0.05) is 13.7 Å². The molecule has 0 saturated heterocycles. The molecular weight excluding hydrogens is 293 g/mol. The maximum Gasteiger partial charge on any atom is 0.323 e. The Balaban J connectivity index is 2.85. The van der Waals surface area contributed by atoms with Gasteiger partial charge in [-0.05, 0) is 12.1 Å². The molecule has 0 aliphatic heterocycles. The van der Waals surface area contributed by atoms with Crippen LogP contribution in [0, 0.1) is 17.5 Å². The Morgan fingerprint density at radius 3 is 2.52 bits per heavy atom. The predicted molar refractivity (Wildman–Crippen MR) is 66.4 cm³/mol. The fourth-order valence-electron chi connectivity index (χ4n) is 1.43. The molecule has 0 aliphatic rings. The first-order chi connectivity index (χ1) is 9.86. The van der Waals surface area contributed by atoms with Gasteiger partial charge in [-0.2, -0.15) is 0 Å². The molecule has 1 aromatic carbocycles. The van der Waals surface area contributed by atoms with Gasteiger partial charge < -0.3 is 20.1 Å². The molecule has 0 spiro atoms. The number of nitrogens with one attached hydrogen (secondary N) is 1. The molecule has 0 bridgehead atoms. The van der Waals surface area contributed by atoms with Crippen LogP contribution in [0.3, 0.4) is 0 Å². The van der Waals surface area contributed by atoms with E-state index in [4.69, 9.17) is 9.84 Å². The Hall–Kier alpha value is -2.29. The van der Waals surface area contributed by atoms with E-state index in [1.807, 2.05) is 5.32 Å². The molecule has 0 fully saturated rings. The second-order valence-electron chi connectivity index (χ2n) is 3.96. The van der Waals surface area contributed by atoms with E-state index < -0.39 is 41.7 Å². The largest absolute Gasteiger partial charge is 0.480 e. The first-order valence-corrected chi connectivity index (χ1v) is 5.77. The van der Waals surface area contributed by atoms with Gasteiger partial charge in [-0.3, -0.25) is 4.79 Å². The fourth-order valence-corrected chi connectivity index (χ4v) is 1.43. The van der Waals surface area contributed by atoms with E-state index in [-0.39, 0.29) is 13.2 Å². The van der Waals surface area contributed by atoms with Crippen LogP contribution in [0.2, 0.25) is 0 Å². The zero-order chi connectivity index (χ0) is 16.0. The maximum absolute atomic E-state index is 13.4. The second-order valence-corrected chi connectivity index (χ2v) is 3.96. The van der Waals surface area contributed by atoms with Crippen molar-refractivity contribution in [3.05, 3.63) is 29.6 Å². The standard InChI is InChI=1S/C12H13F3N2O4/c1-21-5-4-17(6-9(18)19)12(20)16-8-3-2-7(13)10(14)11(8)15/h2-3H,4-6H2,1H3,(H,16,20)(H,18,19). The number of halogens is 3. The number of hydrogen-bond acceptors (Lipinski definition) is 3.